The molecule has 0 aliphatic carbocycles. The number of allylic oxidation sites excluding steroid dienone is 3. The van der Waals surface area contributed by atoms with Crippen molar-refractivity contribution in [1.29, 1.82) is 0 Å². The van der Waals surface area contributed by atoms with E-state index in [0.29, 0.717) is 12.2 Å². The van der Waals surface area contributed by atoms with Crippen LogP contribution >= 0.6 is 0 Å². The molecule has 1 aromatic carbocycles. The van der Waals surface area contributed by atoms with Crippen LogP contribution in [0.2, 0.25) is 0 Å². The number of rotatable bonds is 7. The molecule has 2 nitrogen and oxygen atoms in total. The maximum Gasteiger partial charge on any atom is 0.338 e. The fourth-order valence-electron chi connectivity index (χ4n) is 1.44. The van der Waals surface area contributed by atoms with Crippen LogP contribution in [0.3, 0.4) is 0 Å². The summed E-state index contributed by atoms with van der Waals surface area (Å²) in [6, 6.07) is 9.03. The van der Waals surface area contributed by atoms with Crippen molar-refractivity contribution in [2.75, 3.05) is 6.61 Å². The van der Waals surface area contributed by atoms with Gasteiger partial charge in [-0.15, -0.1) is 0 Å². The van der Waals surface area contributed by atoms with E-state index in [-0.39, 0.29) is 5.97 Å². The van der Waals surface area contributed by atoms with E-state index in [1.807, 2.05) is 30.4 Å². The van der Waals surface area contributed by atoms with Gasteiger partial charge in [0.25, 0.3) is 0 Å². The van der Waals surface area contributed by atoms with Gasteiger partial charge in [-0.1, -0.05) is 49.4 Å². The monoisotopic (exact) mass is 244 g/mol. The minimum Gasteiger partial charge on any atom is -0.458 e. The third-order valence-corrected chi connectivity index (χ3v) is 2.39. The Morgan fingerprint density at radius 1 is 1.06 bits per heavy atom. The van der Waals surface area contributed by atoms with Crippen molar-refractivity contribution in [2.45, 2.75) is 26.2 Å². The Kier molecular flexibility index (Phi) is 7.29. The number of hydrogen-bond acceptors (Lipinski definition) is 2. The molecular formula is C16H20O2. The van der Waals surface area contributed by atoms with Crippen molar-refractivity contribution >= 4 is 5.97 Å². The molecule has 0 aliphatic heterocycles. The Hall–Kier alpha value is -1.83. The van der Waals surface area contributed by atoms with E-state index < -0.39 is 0 Å². The van der Waals surface area contributed by atoms with Gasteiger partial charge in [-0.05, 0) is 31.4 Å². The molecule has 0 saturated carbocycles. The van der Waals surface area contributed by atoms with Crippen molar-refractivity contribution in [3.05, 3.63) is 60.2 Å². The van der Waals surface area contributed by atoms with Gasteiger partial charge in [-0.25, -0.2) is 4.79 Å². The lowest BCUT2D eigenvalue weighted by molar-refractivity contribution is 0.0549. The molecule has 0 atom stereocenters. The first-order valence-corrected chi connectivity index (χ1v) is 6.36. The highest BCUT2D eigenvalue weighted by Crippen LogP contribution is 2.01. The van der Waals surface area contributed by atoms with Crippen LogP contribution < -0.4 is 0 Å². The smallest absolute Gasteiger partial charge is 0.338 e. The largest absolute Gasteiger partial charge is 0.458 e. The summed E-state index contributed by atoms with van der Waals surface area (Å²) in [5, 5.41) is 0. The van der Waals surface area contributed by atoms with Crippen molar-refractivity contribution in [3.63, 3.8) is 0 Å². The third kappa shape index (κ3) is 6.04. The summed E-state index contributed by atoms with van der Waals surface area (Å²) in [5.41, 5.74) is 0.594. The quantitative estimate of drug-likeness (QED) is 0.409. The Morgan fingerprint density at radius 2 is 1.72 bits per heavy atom. The van der Waals surface area contributed by atoms with Gasteiger partial charge < -0.3 is 4.74 Å². The minimum absolute atomic E-state index is 0.272. The number of hydrogen-bond donors (Lipinski definition) is 0. The molecule has 1 aromatic rings. The molecule has 0 amide bonds. The molecule has 0 fully saturated rings. The number of benzene rings is 1. The van der Waals surface area contributed by atoms with Crippen LogP contribution in [0.15, 0.2) is 54.6 Å². The molecule has 18 heavy (non-hydrogen) atoms. The number of esters is 1. The van der Waals surface area contributed by atoms with Gasteiger partial charge in [-0.3, -0.25) is 0 Å². The van der Waals surface area contributed by atoms with Crippen molar-refractivity contribution < 1.29 is 9.53 Å². The van der Waals surface area contributed by atoms with E-state index >= 15 is 0 Å². The topological polar surface area (TPSA) is 26.3 Å². The number of carbonyl (C=O) groups is 1. The minimum atomic E-state index is -0.272. The van der Waals surface area contributed by atoms with Crippen LogP contribution in [0.4, 0.5) is 0 Å². The summed E-state index contributed by atoms with van der Waals surface area (Å²) < 4.78 is 5.11. The third-order valence-electron chi connectivity index (χ3n) is 2.39. The summed E-state index contributed by atoms with van der Waals surface area (Å²) in [4.78, 5) is 11.6. The maximum atomic E-state index is 11.6. The van der Waals surface area contributed by atoms with Gasteiger partial charge in [0.15, 0.2) is 0 Å². The first-order valence-electron chi connectivity index (χ1n) is 6.36. The van der Waals surface area contributed by atoms with Crippen LogP contribution in [-0.4, -0.2) is 12.6 Å². The highest BCUT2D eigenvalue weighted by Gasteiger charge is 2.03. The molecule has 0 spiro atoms. The normalized spacial score (nSPS) is 11.2. The summed E-state index contributed by atoms with van der Waals surface area (Å²) >= 11 is 0. The van der Waals surface area contributed by atoms with Gasteiger partial charge in [0, 0.05) is 0 Å². The van der Waals surface area contributed by atoms with Crippen LogP contribution in [0, 0.1) is 0 Å². The summed E-state index contributed by atoms with van der Waals surface area (Å²) in [6.45, 7) is 2.46. The first kappa shape index (κ1) is 14.2. The van der Waals surface area contributed by atoms with E-state index in [4.69, 9.17) is 4.74 Å². The van der Waals surface area contributed by atoms with Crippen LogP contribution in [0.5, 0.6) is 0 Å². The lowest BCUT2D eigenvalue weighted by Crippen LogP contribution is -2.04. The number of carbonyl (C=O) groups excluding carboxylic acids is 1. The molecule has 0 heterocycles. The second-order valence-electron chi connectivity index (χ2n) is 3.89. The Labute approximate surface area is 109 Å². The van der Waals surface area contributed by atoms with Gasteiger partial charge in [0.1, 0.15) is 6.61 Å². The standard InChI is InChI=1S/C16H20O2/c1-2-3-4-5-6-7-11-14-18-16(17)15-12-9-8-10-13-15/h3-4,7-13H,2,5-6,14H2,1H3/b4-3-,11-7+. The zero-order valence-electron chi connectivity index (χ0n) is 10.8. The lowest BCUT2D eigenvalue weighted by atomic mass is 10.2. The first-order chi connectivity index (χ1) is 8.84. The molecule has 0 aliphatic rings. The predicted molar refractivity (Wildman–Crippen MR) is 74.5 cm³/mol. The van der Waals surface area contributed by atoms with E-state index in [1.54, 1.807) is 12.1 Å². The predicted octanol–water partition coefficient (Wildman–Crippen LogP) is 4.15. The second-order valence-corrected chi connectivity index (χ2v) is 3.89. The van der Waals surface area contributed by atoms with Crippen molar-refractivity contribution in [1.82, 2.24) is 0 Å². The second kappa shape index (κ2) is 9.23. The molecule has 0 aromatic heterocycles. The van der Waals surface area contributed by atoms with Gasteiger partial charge in [-0.2, -0.15) is 0 Å². The average molecular weight is 244 g/mol. The molecule has 2 heteroatoms. The lowest BCUT2D eigenvalue weighted by Gasteiger charge is -2.00. The van der Waals surface area contributed by atoms with E-state index in [0.717, 1.165) is 19.3 Å². The Bertz CT molecular complexity index is 391. The SMILES string of the molecule is CC/C=C\CC/C=C/COC(=O)c1ccccc1. The number of unbranched alkanes of at least 4 members (excludes halogenated alkanes) is 1. The molecular weight excluding hydrogens is 224 g/mol. The summed E-state index contributed by atoms with van der Waals surface area (Å²) in [7, 11) is 0. The maximum absolute atomic E-state index is 11.6. The van der Waals surface area contributed by atoms with E-state index in [9.17, 15) is 4.79 Å². The van der Waals surface area contributed by atoms with Crippen LogP contribution in [-0.2, 0) is 4.74 Å². The van der Waals surface area contributed by atoms with Gasteiger partial charge in [0.2, 0.25) is 0 Å². The summed E-state index contributed by atoms with van der Waals surface area (Å²) in [6.07, 6.45) is 11.4. The van der Waals surface area contributed by atoms with Gasteiger partial charge in [0.05, 0.1) is 5.56 Å². The number of ether oxygens (including phenoxy) is 1. The van der Waals surface area contributed by atoms with Gasteiger partial charge >= 0.3 is 5.97 Å². The molecule has 0 radical (unpaired) electrons. The zero-order chi connectivity index (χ0) is 13.1. The average Bonchev–Trinajstić information content (AvgIpc) is 2.42. The molecule has 96 valence electrons. The highest BCUT2D eigenvalue weighted by atomic mass is 16.5. The van der Waals surface area contributed by atoms with Crippen molar-refractivity contribution in [2.24, 2.45) is 0 Å². The molecule has 0 bridgehead atoms. The molecule has 0 unspecified atom stereocenters. The van der Waals surface area contributed by atoms with Crippen LogP contribution in [0.1, 0.15) is 36.5 Å². The Morgan fingerprint density at radius 3 is 2.39 bits per heavy atom. The van der Waals surface area contributed by atoms with Crippen molar-refractivity contribution in [3.8, 4) is 0 Å². The fraction of sp³-hybridized carbons (Fsp3) is 0.312. The highest BCUT2D eigenvalue weighted by molar-refractivity contribution is 5.89. The summed E-state index contributed by atoms with van der Waals surface area (Å²) in [5.74, 6) is -0.272. The van der Waals surface area contributed by atoms with E-state index in [1.165, 1.54) is 0 Å². The molecule has 0 N–H and O–H groups in total. The fourth-order valence-corrected chi connectivity index (χ4v) is 1.44. The zero-order valence-corrected chi connectivity index (χ0v) is 10.8. The van der Waals surface area contributed by atoms with E-state index in [2.05, 4.69) is 19.1 Å². The molecule has 0 saturated heterocycles. The molecule has 1 rings (SSSR count). The van der Waals surface area contributed by atoms with Crippen LogP contribution in [0.25, 0.3) is 0 Å². The Balaban J connectivity index is 2.16.